The largest absolute Gasteiger partial charge is 0.493 e. The number of esters is 1. The van der Waals surface area contributed by atoms with Crippen molar-refractivity contribution < 1.29 is 14.3 Å². The number of aromatic amines is 1. The van der Waals surface area contributed by atoms with Gasteiger partial charge >= 0.3 is 5.97 Å². The average molecular weight is 409 g/mol. The van der Waals surface area contributed by atoms with E-state index in [1.54, 1.807) is 24.3 Å². The highest BCUT2D eigenvalue weighted by Gasteiger charge is 2.10. The molecule has 0 bridgehead atoms. The SMILES string of the molecule is COC(=O)c1ccc(OCCc2c(Br)[nH]c3ccc(Cl)cc23)cc1. The van der Waals surface area contributed by atoms with Crippen molar-refractivity contribution in [3.8, 4) is 5.75 Å². The smallest absolute Gasteiger partial charge is 0.337 e. The molecule has 6 heteroatoms. The molecule has 0 amide bonds. The van der Waals surface area contributed by atoms with Crippen LogP contribution in [0.25, 0.3) is 10.9 Å². The highest BCUT2D eigenvalue weighted by molar-refractivity contribution is 9.10. The first-order valence-electron chi connectivity index (χ1n) is 7.35. The van der Waals surface area contributed by atoms with Gasteiger partial charge in [-0.05, 0) is 64.0 Å². The highest BCUT2D eigenvalue weighted by Crippen LogP contribution is 2.29. The van der Waals surface area contributed by atoms with E-state index in [4.69, 9.17) is 16.3 Å². The maximum Gasteiger partial charge on any atom is 0.337 e. The van der Waals surface area contributed by atoms with E-state index < -0.39 is 0 Å². The summed E-state index contributed by atoms with van der Waals surface area (Å²) in [6.07, 6.45) is 0.722. The molecule has 0 fully saturated rings. The fourth-order valence-electron chi connectivity index (χ4n) is 2.51. The Morgan fingerprint density at radius 3 is 2.67 bits per heavy atom. The van der Waals surface area contributed by atoms with Crippen LogP contribution in [0.15, 0.2) is 47.1 Å². The lowest BCUT2D eigenvalue weighted by Crippen LogP contribution is -2.03. The molecule has 0 aliphatic heterocycles. The molecule has 0 radical (unpaired) electrons. The van der Waals surface area contributed by atoms with Crippen LogP contribution < -0.4 is 4.74 Å². The van der Waals surface area contributed by atoms with Gasteiger partial charge in [0.25, 0.3) is 0 Å². The Morgan fingerprint density at radius 2 is 1.96 bits per heavy atom. The molecular formula is C18H15BrClNO3. The fraction of sp³-hybridized carbons (Fsp3) is 0.167. The molecule has 2 aromatic carbocycles. The normalized spacial score (nSPS) is 10.8. The zero-order valence-corrected chi connectivity index (χ0v) is 15.3. The van der Waals surface area contributed by atoms with Crippen LogP contribution in [0, 0.1) is 0 Å². The zero-order chi connectivity index (χ0) is 17.1. The molecule has 0 saturated heterocycles. The molecule has 0 aliphatic carbocycles. The first-order chi connectivity index (χ1) is 11.6. The number of benzene rings is 2. The number of hydrogen-bond donors (Lipinski definition) is 1. The van der Waals surface area contributed by atoms with E-state index in [-0.39, 0.29) is 5.97 Å². The van der Waals surface area contributed by atoms with Gasteiger partial charge in [0.15, 0.2) is 0 Å². The number of carbonyl (C=O) groups is 1. The van der Waals surface area contributed by atoms with Crippen LogP contribution in [0.3, 0.4) is 0 Å². The van der Waals surface area contributed by atoms with Gasteiger partial charge in [-0.1, -0.05) is 11.6 Å². The van der Waals surface area contributed by atoms with Crippen LogP contribution in [0.5, 0.6) is 5.75 Å². The van der Waals surface area contributed by atoms with E-state index in [9.17, 15) is 4.79 Å². The molecule has 0 atom stereocenters. The summed E-state index contributed by atoms with van der Waals surface area (Å²) in [6, 6.07) is 12.6. The van der Waals surface area contributed by atoms with Crippen molar-refractivity contribution in [2.24, 2.45) is 0 Å². The summed E-state index contributed by atoms with van der Waals surface area (Å²) in [5, 5.41) is 1.79. The minimum absolute atomic E-state index is 0.360. The van der Waals surface area contributed by atoms with Crippen LogP contribution in [-0.2, 0) is 11.2 Å². The van der Waals surface area contributed by atoms with Crippen molar-refractivity contribution >= 4 is 44.4 Å². The molecule has 0 saturated carbocycles. The molecule has 1 heterocycles. The minimum Gasteiger partial charge on any atom is -0.493 e. The Bertz CT molecular complexity index is 874. The van der Waals surface area contributed by atoms with Crippen LogP contribution in [0.4, 0.5) is 0 Å². The minimum atomic E-state index is -0.360. The number of rotatable bonds is 5. The lowest BCUT2D eigenvalue weighted by atomic mass is 10.1. The number of H-pyrrole nitrogens is 1. The number of fused-ring (bicyclic) bond motifs is 1. The third kappa shape index (κ3) is 3.57. The maximum atomic E-state index is 11.4. The van der Waals surface area contributed by atoms with E-state index in [0.29, 0.717) is 22.9 Å². The van der Waals surface area contributed by atoms with Crippen LogP contribution >= 0.6 is 27.5 Å². The van der Waals surface area contributed by atoms with E-state index in [2.05, 4.69) is 25.7 Å². The lowest BCUT2D eigenvalue weighted by molar-refractivity contribution is 0.0600. The Morgan fingerprint density at radius 1 is 1.21 bits per heavy atom. The fourth-order valence-corrected chi connectivity index (χ4v) is 3.31. The summed E-state index contributed by atoms with van der Waals surface area (Å²) in [7, 11) is 1.36. The number of aromatic nitrogens is 1. The number of ether oxygens (including phenoxy) is 2. The second-order valence-electron chi connectivity index (χ2n) is 5.22. The first kappa shape index (κ1) is 16.9. The maximum absolute atomic E-state index is 11.4. The number of carbonyl (C=O) groups excluding carboxylic acids is 1. The molecule has 1 N–H and O–H groups in total. The Labute approximate surface area is 152 Å². The zero-order valence-electron chi connectivity index (χ0n) is 12.9. The van der Waals surface area contributed by atoms with Gasteiger partial charge in [-0.15, -0.1) is 0 Å². The van der Waals surface area contributed by atoms with E-state index >= 15 is 0 Å². The quantitative estimate of drug-likeness (QED) is 0.605. The highest BCUT2D eigenvalue weighted by atomic mass is 79.9. The van der Waals surface area contributed by atoms with Crippen molar-refractivity contribution in [2.45, 2.75) is 6.42 Å². The topological polar surface area (TPSA) is 51.3 Å². The number of halogens is 2. The van der Waals surface area contributed by atoms with Gasteiger partial charge < -0.3 is 14.5 Å². The molecule has 0 aliphatic rings. The Hall–Kier alpha value is -1.98. The standard InChI is InChI=1S/C18H15BrClNO3/c1-23-18(22)11-2-5-13(6-3-11)24-9-8-14-15-10-12(20)4-7-16(15)21-17(14)19/h2-7,10,21H,8-9H2,1H3. The summed E-state index contributed by atoms with van der Waals surface area (Å²) in [6.45, 7) is 0.510. The number of nitrogens with one attached hydrogen (secondary N) is 1. The summed E-state index contributed by atoms with van der Waals surface area (Å²) < 4.78 is 11.4. The van der Waals surface area contributed by atoms with Gasteiger partial charge in [0.2, 0.25) is 0 Å². The molecular weight excluding hydrogens is 394 g/mol. The van der Waals surface area contributed by atoms with E-state index in [1.807, 2.05) is 18.2 Å². The van der Waals surface area contributed by atoms with Gasteiger partial charge in [-0.3, -0.25) is 0 Å². The van der Waals surface area contributed by atoms with Crippen molar-refractivity contribution in [3.05, 3.63) is 63.2 Å². The summed E-state index contributed by atoms with van der Waals surface area (Å²) >= 11 is 9.63. The van der Waals surface area contributed by atoms with E-state index in [1.165, 1.54) is 7.11 Å². The van der Waals surface area contributed by atoms with Crippen molar-refractivity contribution in [1.82, 2.24) is 4.98 Å². The summed E-state index contributed by atoms with van der Waals surface area (Å²) in [5.74, 6) is 0.345. The molecule has 1 aromatic heterocycles. The second kappa shape index (κ2) is 7.28. The molecule has 4 nitrogen and oxygen atoms in total. The van der Waals surface area contributed by atoms with Gasteiger partial charge in [0.05, 0.1) is 23.9 Å². The van der Waals surface area contributed by atoms with Crippen LogP contribution in [0.1, 0.15) is 15.9 Å². The third-order valence-electron chi connectivity index (χ3n) is 3.71. The monoisotopic (exact) mass is 407 g/mol. The summed E-state index contributed by atoms with van der Waals surface area (Å²) in [4.78, 5) is 14.7. The second-order valence-corrected chi connectivity index (χ2v) is 6.45. The third-order valence-corrected chi connectivity index (χ3v) is 4.62. The number of hydrogen-bond acceptors (Lipinski definition) is 3. The van der Waals surface area contributed by atoms with Gasteiger partial charge in [0.1, 0.15) is 5.75 Å². The molecule has 3 aromatic rings. The Balaban J connectivity index is 1.67. The van der Waals surface area contributed by atoms with Crippen molar-refractivity contribution in [1.29, 1.82) is 0 Å². The van der Waals surface area contributed by atoms with Crippen LogP contribution in [-0.4, -0.2) is 24.7 Å². The van der Waals surface area contributed by atoms with Gasteiger partial charge in [-0.25, -0.2) is 4.79 Å². The van der Waals surface area contributed by atoms with Crippen molar-refractivity contribution in [3.63, 3.8) is 0 Å². The average Bonchev–Trinajstić information content (AvgIpc) is 2.90. The Kier molecular flexibility index (Phi) is 5.11. The van der Waals surface area contributed by atoms with E-state index in [0.717, 1.165) is 27.5 Å². The summed E-state index contributed by atoms with van der Waals surface area (Å²) in [5.41, 5.74) is 2.65. The molecule has 3 rings (SSSR count). The molecule has 124 valence electrons. The lowest BCUT2D eigenvalue weighted by Gasteiger charge is -2.07. The first-order valence-corrected chi connectivity index (χ1v) is 8.52. The van der Waals surface area contributed by atoms with Gasteiger partial charge in [-0.2, -0.15) is 0 Å². The van der Waals surface area contributed by atoms with Gasteiger partial charge in [0, 0.05) is 22.3 Å². The molecule has 0 unspecified atom stereocenters. The van der Waals surface area contributed by atoms with Crippen molar-refractivity contribution in [2.75, 3.05) is 13.7 Å². The number of methoxy groups -OCH3 is 1. The predicted molar refractivity (Wildman–Crippen MR) is 98.0 cm³/mol. The predicted octanol–water partition coefficient (Wildman–Crippen LogP) is 4.99. The molecule has 24 heavy (non-hydrogen) atoms. The van der Waals surface area contributed by atoms with Crippen LogP contribution in [0.2, 0.25) is 5.02 Å². The molecule has 0 spiro atoms.